The quantitative estimate of drug-likeness (QED) is 0.186. The molecule has 1 saturated heterocycles. The van der Waals surface area contributed by atoms with E-state index in [1.54, 1.807) is 0 Å². The maximum atomic E-state index is 13.0. The number of unbranched alkanes of at least 4 members (excludes halogenated alkanes) is 2. The first-order chi connectivity index (χ1) is 17.3. The minimum Gasteiger partial charge on any atom is -0.483 e. The van der Waals surface area contributed by atoms with Crippen LogP contribution in [0.1, 0.15) is 90.2 Å². The summed E-state index contributed by atoms with van der Waals surface area (Å²) in [7, 11) is 0. The molecule has 1 fully saturated rings. The molecule has 2 atom stereocenters. The van der Waals surface area contributed by atoms with Gasteiger partial charge in [0.2, 0.25) is 0 Å². The predicted octanol–water partition coefficient (Wildman–Crippen LogP) is 6.70. The number of esters is 1. The van der Waals surface area contributed by atoms with Crippen molar-refractivity contribution >= 4 is 23.3 Å². The number of ether oxygens (including phenoxy) is 3. The highest BCUT2D eigenvalue weighted by Gasteiger charge is 2.39. The Bertz CT molecular complexity index is 951. The number of nitrogens with zero attached hydrogens (tertiary/aromatic N) is 1. The van der Waals surface area contributed by atoms with Gasteiger partial charge in [-0.3, -0.25) is 9.69 Å². The van der Waals surface area contributed by atoms with Gasteiger partial charge in [-0.15, -0.1) is 0 Å². The third-order valence-corrected chi connectivity index (χ3v) is 9.15. The number of benzene rings is 1. The van der Waals surface area contributed by atoms with Crippen molar-refractivity contribution in [2.24, 2.45) is 5.92 Å². The fourth-order valence-electron chi connectivity index (χ4n) is 5.60. The largest absolute Gasteiger partial charge is 0.483 e. The Morgan fingerprint density at radius 3 is 2.67 bits per heavy atom. The molecular formula is C30H45NO4S. The summed E-state index contributed by atoms with van der Waals surface area (Å²) < 4.78 is 18.2. The van der Waals surface area contributed by atoms with E-state index in [1.807, 2.05) is 11.8 Å². The SMILES string of the molecule is CCCCCC(C)C(C)c1cc(OC(=O)CCCN2CCOCC2)c2c(c1)OC(C)(C)C1=C2CSC1. The lowest BCUT2D eigenvalue weighted by atomic mass is 9.82. The van der Waals surface area contributed by atoms with Crippen molar-refractivity contribution in [2.45, 2.75) is 84.7 Å². The zero-order chi connectivity index (χ0) is 25.7. The van der Waals surface area contributed by atoms with Gasteiger partial charge >= 0.3 is 5.97 Å². The number of fused-ring (bicyclic) bond motifs is 2. The maximum absolute atomic E-state index is 13.0. The third kappa shape index (κ3) is 6.49. The highest BCUT2D eigenvalue weighted by molar-refractivity contribution is 8.00. The predicted molar refractivity (Wildman–Crippen MR) is 149 cm³/mol. The zero-order valence-corrected chi connectivity index (χ0v) is 23.8. The number of morpholine rings is 1. The average Bonchev–Trinajstić information content (AvgIpc) is 3.35. The topological polar surface area (TPSA) is 48.0 Å². The lowest BCUT2D eigenvalue weighted by molar-refractivity contribution is -0.134. The minimum atomic E-state index is -0.333. The smallest absolute Gasteiger partial charge is 0.311 e. The Hall–Kier alpha value is -1.50. The van der Waals surface area contributed by atoms with Crippen molar-refractivity contribution in [3.05, 3.63) is 28.8 Å². The van der Waals surface area contributed by atoms with Crippen LogP contribution in [0, 0.1) is 5.92 Å². The van der Waals surface area contributed by atoms with Gasteiger partial charge in [-0.05, 0) is 67.5 Å². The second kappa shape index (κ2) is 12.4. The van der Waals surface area contributed by atoms with E-state index < -0.39 is 0 Å². The number of hydrogen-bond donors (Lipinski definition) is 0. The van der Waals surface area contributed by atoms with Crippen LogP contribution < -0.4 is 9.47 Å². The number of thioether (sulfide) groups is 1. The van der Waals surface area contributed by atoms with E-state index in [-0.39, 0.29) is 11.6 Å². The molecule has 6 heteroatoms. The van der Waals surface area contributed by atoms with Crippen molar-refractivity contribution in [2.75, 3.05) is 44.4 Å². The normalized spacial score (nSPS) is 20.9. The van der Waals surface area contributed by atoms with Gasteiger partial charge < -0.3 is 14.2 Å². The zero-order valence-electron chi connectivity index (χ0n) is 23.0. The van der Waals surface area contributed by atoms with Crippen molar-refractivity contribution < 1.29 is 19.0 Å². The fourth-order valence-corrected chi connectivity index (χ4v) is 6.95. The lowest BCUT2D eigenvalue weighted by Gasteiger charge is -2.36. The molecule has 0 radical (unpaired) electrons. The van der Waals surface area contributed by atoms with Gasteiger partial charge in [0.15, 0.2) is 0 Å². The molecule has 0 aromatic heterocycles. The molecule has 3 heterocycles. The molecule has 3 aliphatic rings. The van der Waals surface area contributed by atoms with Gasteiger partial charge in [0.1, 0.15) is 17.1 Å². The fraction of sp³-hybridized carbons (Fsp3) is 0.700. The summed E-state index contributed by atoms with van der Waals surface area (Å²) in [6.45, 7) is 15.6. The van der Waals surface area contributed by atoms with Crippen LogP contribution >= 0.6 is 11.8 Å². The molecule has 0 amide bonds. The van der Waals surface area contributed by atoms with Crippen molar-refractivity contribution in [1.82, 2.24) is 4.90 Å². The van der Waals surface area contributed by atoms with E-state index in [4.69, 9.17) is 14.2 Å². The van der Waals surface area contributed by atoms with Crippen LogP contribution in [0.15, 0.2) is 17.7 Å². The Labute approximate surface area is 222 Å². The number of carbonyl (C=O) groups is 1. The lowest BCUT2D eigenvalue weighted by Crippen LogP contribution is -2.37. The van der Waals surface area contributed by atoms with Gasteiger partial charge in [0.05, 0.1) is 18.8 Å². The Morgan fingerprint density at radius 2 is 1.92 bits per heavy atom. The summed E-state index contributed by atoms with van der Waals surface area (Å²) in [5, 5.41) is 0. The van der Waals surface area contributed by atoms with E-state index in [9.17, 15) is 4.79 Å². The molecule has 3 aliphatic heterocycles. The molecule has 2 unspecified atom stereocenters. The molecule has 4 rings (SSSR count). The van der Waals surface area contributed by atoms with Crippen LogP contribution in [-0.4, -0.2) is 60.8 Å². The summed E-state index contributed by atoms with van der Waals surface area (Å²) in [4.78, 5) is 15.4. The van der Waals surface area contributed by atoms with Crippen LogP contribution in [0.25, 0.3) is 5.57 Å². The molecule has 36 heavy (non-hydrogen) atoms. The Morgan fingerprint density at radius 1 is 1.14 bits per heavy atom. The molecule has 0 N–H and O–H groups in total. The Kier molecular flexibility index (Phi) is 9.45. The van der Waals surface area contributed by atoms with Crippen LogP contribution in [-0.2, 0) is 9.53 Å². The van der Waals surface area contributed by atoms with Crippen LogP contribution in [0.2, 0.25) is 0 Å². The number of hydrogen-bond acceptors (Lipinski definition) is 6. The molecule has 0 saturated carbocycles. The monoisotopic (exact) mass is 515 g/mol. The van der Waals surface area contributed by atoms with Crippen molar-refractivity contribution in [3.8, 4) is 11.5 Å². The first-order valence-electron chi connectivity index (χ1n) is 14.0. The molecule has 5 nitrogen and oxygen atoms in total. The van der Waals surface area contributed by atoms with Gasteiger partial charge in [0, 0.05) is 31.0 Å². The molecule has 0 spiro atoms. The van der Waals surface area contributed by atoms with E-state index in [0.29, 0.717) is 24.0 Å². The summed E-state index contributed by atoms with van der Waals surface area (Å²) in [5.74, 6) is 4.26. The summed E-state index contributed by atoms with van der Waals surface area (Å²) in [6, 6.07) is 4.36. The molecule has 1 aromatic carbocycles. The summed E-state index contributed by atoms with van der Waals surface area (Å²) in [6.07, 6.45) is 6.21. The van der Waals surface area contributed by atoms with Crippen LogP contribution in [0.4, 0.5) is 0 Å². The number of carbonyl (C=O) groups excluding carboxylic acids is 1. The van der Waals surface area contributed by atoms with E-state index >= 15 is 0 Å². The number of rotatable bonds is 11. The first-order valence-corrected chi connectivity index (χ1v) is 15.1. The van der Waals surface area contributed by atoms with E-state index in [2.05, 4.69) is 51.7 Å². The van der Waals surface area contributed by atoms with E-state index in [1.165, 1.54) is 42.4 Å². The minimum absolute atomic E-state index is 0.149. The third-order valence-electron chi connectivity index (χ3n) is 8.16. The van der Waals surface area contributed by atoms with Crippen molar-refractivity contribution in [1.29, 1.82) is 0 Å². The first kappa shape index (κ1) is 27.5. The van der Waals surface area contributed by atoms with Crippen LogP contribution in [0.3, 0.4) is 0 Å². The molecular weight excluding hydrogens is 470 g/mol. The Balaban J connectivity index is 1.55. The van der Waals surface area contributed by atoms with Gasteiger partial charge in [0.25, 0.3) is 0 Å². The van der Waals surface area contributed by atoms with Gasteiger partial charge in [-0.2, -0.15) is 11.8 Å². The average molecular weight is 516 g/mol. The second-order valence-electron chi connectivity index (χ2n) is 11.2. The maximum Gasteiger partial charge on any atom is 0.311 e. The summed E-state index contributed by atoms with van der Waals surface area (Å²) >= 11 is 1.92. The highest BCUT2D eigenvalue weighted by atomic mass is 32.2. The standard InChI is InChI=1S/C30H45NO4S/c1-6-7-8-10-21(2)22(3)23-17-26(34-28(32)11-9-12-31-13-15-33-16-14-31)29-24-19-36-20-25(24)30(4,5)35-27(29)18-23/h17-18,21-22H,6-16,19-20H2,1-5H3. The molecule has 0 bridgehead atoms. The van der Waals surface area contributed by atoms with Crippen LogP contribution in [0.5, 0.6) is 11.5 Å². The van der Waals surface area contributed by atoms with E-state index in [0.717, 1.165) is 62.1 Å². The molecule has 1 aromatic rings. The summed E-state index contributed by atoms with van der Waals surface area (Å²) in [5.41, 5.74) is 4.51. The molecule has 200 valence electrons. The van der Waals surface area contributed by atoms with Gasteiger partial charge in [-0.25, -0.2) is 0 Å². The van der Waals surface area contributed by atoms with Crippen molar-refractivity contribution in [3.63, 3.8) is 0 Å². The highest BCUT2D eigenvalue weighted by Crippen LogP contribution is 2.51. The second-order valence-corrected chi connectivity index (χ2v) is 12.2. The molecule has 0 aliphatic carbocycles. The van der Waals surface area contributed by atoms with Gasteiger partial charge in [-0.1, -0.05) is 46.5 Å².